The Hall–Kier alpha value is -2.10. The van der Waals surface area contributed by atoms with Gasteiger partial charge >= 0.3 is 0 Å². The molecule has 1 aromatic carbocycles. The number of rotatable bonds is 4. The van der Waals surface area contributed by atoms with Crippen LogP contribution in [0.1, 0.15) is 56.8 Å². The molecule has 4 rings (SSSR count). The number of aromatic nitrogens is 1. The first kappa shape index (κ1) is 15.4. The Morgan fingerprint density at radius 3 is 2.71 bits per heavy atom. The molecule has 1 amide bonds. The molecule has 2 fully saturated rings. The summed E-state index contributed by atoms with van der Waals surface area (Å²) in [7, 11) is 1.88. The maximum atomic E-state index is 12.7. The van der Waals surface area contributed by atoms with Crippen LogP contribution < -0.4 is 4.90 Å². The molecule has 0 unspecified atom stereocenters. The Bertz CT molecular complexity index is 727. The molecule has 0 saturated heterocycles. The molecular weight excluding hydrogens is 300 g/mol. The molecule has 0 radical (unpaired) electrons. The summed E-state index contributed by atoms with van der Waals surface area (Å²) in [5.41, 5.74) is 2.79. The Kier molecular flexibility index (Phi) is 4.13. The Balaban J connectivity index is 1.53. The Labute approximate surface area is 142 Å². The Morgan fingerprint density at radius 1 is 1.17 bits per heavy atom. The molecule has 2 saturated carbocycles. The van der Waals surface area contributed by atoms with Crippen molar-refractivity contribution in [3.05, 3.63) is 36.4 Å². The maximum Gasteiger partial charge on any atom is 0.229 e. The standard InChI is InChI=1S/C20H24N2O2/c1-22(20(23)15-6-3-2-4-7-15)17-9-5-8-16(12-17)18-13-24-19(21-18)14-10-11-14/h5,8-9,12-15H,2-4,6-7,10-11H2,1H3. The number of benzene rings is 1. The summed E-state index contributed by atoms with van der Waals surface area (Å²) in [6.45, 7) is 0. The third-order valence-electron chi connectivity index (χ3n) is 5.26. The van der Waals surface area contributed by atoms with Gasteiger partial charge in [-0.25, -0.2) is 4.98 Å². The van der Waals surface area contributed by atoms with Crippen LogP contribution in [0.25, 0.3) is 11.3 Å². The van der Waals surface area contributed by atoms with Crippen molar-refractivity contribution < 1.29 is 9.21 Å². The van der Waals surface area contributed by atoms with E-state index in [0.717, 1.165) is 35.7 Å². The molecule has 4 nitrogen and oxygen atoms in total. The first-order chi connectivity index (χ1) is 11.7. The summed E-state index contributed by atoms with van der Waals surface area (Å²) in [5, 5.41) is 0. The number of nitrogens with zero attached hydrogens (tertiary/aromatic N) is 2. The second kappa shape index (κ2) is 6.42. The summed E-state index contributed by atoms with van der Waals surface area (Å²) in [4.78, 5) is 19.2. The largest absolute Gasteiger partial charge is 0.448 e. The number of hydrogen-bond donors (Lipinski definition) is 0. The number of carbonyl (C=O) groups excluding carboxylic acids is 1. The lowest BCUT2D eigenvalue weighted by Gasteiger charge is -2.26. The zero-order valence-corrected chi connectivity index (χ0v) is 14.2. The van der Waals surface area contributed by atoms with Gasteiger partial charge in [-0.15, -0.1) is 0 Å². The molecule has 0 aliphatic heterocycles. The minimum atomic E-state index is 0.181. The fraction of sp³-hybridized carbons (Fsp3) is 0.500. The van der Waals surface area contributed by atoms with Gasteiger partial charge in [-0.3, -0.25) is 4.79 Å². The van der Waals surface area contributed by atoms with Crippen LogP contribution >= 0.6 is 0 Å². The van der Waals surface area contributed by atoms with Crippen LogP contribution in [-0.4, -0.2) is 17.9 Å². The average Bonchev–Trinajstić information content (AvgIpc) is 3.38. The van der Waals surface area contributed by atoms with Crippen molar-refractivity contribution in [2.45, 2.75) is 50.9 Å². The SMILES string of the molecule is CN(C(=O)C1CCCCC1)c1cccc(-c2coc(C3CC3)n2)c1. The first-order valence-corrected chi connectivity index (χ1v) is 9.06. The number of oxazole rings is 1. The van der Waals surface area contributed by atoms with Crippen LogP contribution in [0.3, 0.4) is 0 Å². The van der Waals surface area contributed by atoms with Gasteiger partial charge in [0.15, 0.2) is 5.89 Å². The van der Waals surface area contributed by atoms with Gasteiger partial charge in [0, 0.05) is 30.1 Å². The summed E-state index contributed by atoms with van der Waals surface area (Å²) >= 11 is 0. The molecule has 0 atom stereocenters. The molecule has 0 N–H and O–H groups in total. The quantitative estimate of drug-likeness (QED) is 0.814. The van der Waals surface area contributed by atoms with E-state index in [0.29, 0.717) is 5.92 Å². The van der Waals surface area contributed by atoms with Crippen molar-refractivity contribution in [2.24, 2.45) is 5.92 Å². The highest BCUT2D eigenvalue weighted by molar-refractivity contribution is 5.95. The second-order valence-electron chi connectivity index (χ2n) is 7.13. The van der Waals surface area contributed by atoms with E-state index in [-0.39, 0.29) is 11.8 Å². The molecule has 1 aromatic heterocycles. The van der Waals surface area contributed by atoms with Crippen LogP contribution in [0.4, 0.5) is 5.69 Å². The van der Waals surface area contributed by atoms with Gasteiger partial charge in [-0.2, -0.15) is 0 Å². The zero-order valence-electron chi connectivity index (χ0n) is 14.2. The van der Waals surface area contributed by atoms with Gasteiger partial charge in [-0.05, 0) is 37.8 Å². The highest BCUT2D eigenvalue weighted by atomic mass is 16.3. The molecule has 4 heteroatoms. The van der Waals surface area contributed by atoms with E-state index in [2.05, 4.69) is 4.98 Å². The molecule has 2 aliphatic rings. The second-order valence-corrected chi connectivity index (χ2v) is 7.13. The number of anilines is 1. The van der Waals surface area contributed by atoms with Gasteiger partial charge < -0.3 is 9.32 Å². The van der Waals surface area contributed by atoms with Crippen molar-refractivity contribution in [1.82, 2.24) is 4.98 Å². The van der Waals surface area contributed by atoms with E-state index in [1.165, 1.54) is 32.1 Å². The lowest BCUT2D eigenvalue weighted by molar-refractivity contribution is -0.123. The van der Waals surface area contributed by atoms with E-state index < -0.39 is 0 Å². The predicted octanol–water partition coefficient (Wildman–Crippen LogP) is 4.76. The topological polar surface area (TPSA) is 46.3 Å². The zero-order chi connectivity index (χ0) is 16.5. The van der Waals surface area contributed by atoms with Crippen LogP contribution in [0.2, 0.25) is 0 Å². The van der Waals surface area contributed by atoms with Crippen molar-refractivity contribution in [3.8, 4) is 11.3 Å². The third-order valence-corrected chi connectivity index (χ3v) is 5.26. The van der Waals surface area contributed by atoms with Crippen molar-refractivity contribution in [1.29, 1.82) is 0 Å². The summed E-state index contributed by atoms with van der Waals surface area (Å²) in [5.74, 6) is 1.78. The molecule has 126 valence electrons. The third kappa shape index (κ3) is 3.10. The van der Waals surface area contributed by atoms with Crippen molar-refractivity contribution >= 4 is 11.6 Å². The fourth-order valence-electron chi connectivity index (χ4n) is 3.56. The highest BCUT2D eigenvalue weighted by Gasteiger charge is 2.29. The van der Waals surface area contributed by atoms with Crippen LogP contribution in [0, 0.1) is 5.92 Å². The van der Waals surface area contributed by atoms with E-state index in [4.69, 9.17) is 4.42 Å². The molecule has 0 spiro atoms. The highest BCUT2D eigenvalue weighted by Crippen LogP contribution is 2.40. The van der Waals surface area contributed by atoms with E-state index in [9.17, 15) is 4.79 Å². The van der Waals surface area contributed by atoms with Gasteiger partial charge in [0.05, 0.1) is 0 Å². The van der Waals surface area contributed by atoms with E-state index in [1.54, 1.807) is 11.2 Å². The van der Waals surface area contributed by atoms with Crippen molar-refractivity contribution in [2.75, 3.05) is 11.9 Å². The fourth-order valence-corrected chi connectivity index (χ4v) is 3.56. The van der Waals surface area contributed by atoms with E-state index >= 15 is 0 Å². The van der Waals surface area contributed by atoms with Crippen molar-refractivity contribution in [3.63, 3.8) is 0 Å². The molecular formula is C20H24N2O2. The van der Waals surface area contributed by atoms with Crippen LogP contribution in [0.5, 0.6) is 0 Å². The lowest BCUT2D eigenvalue weighted by Crippen LogP contribution is -2.33. The van der Waals surface area contributed by atoms with Crippen LogP contribution in [-0.2, 0) is 4.79 Å². The normalized spacial score (nSPS) is 18.5. The van der Waals surface area contributed by atoms with Gasteiger partial charge in [0.1, 0.15) is 12.0 Å². The van der Waals surface area contributed by atoms with Gasteiger partial charge in [0.25, 0.3) is 0 Å². The van der Waals surface area contributed by atoms with E-state index in [1.807, 2.05) is 31.3 Å². The summed E-state index contributed by atoms with van der Waals surface area (Å²) in [6, 6.07) is 8.04. The molecule has 2 aromatic rings. The maximum absolute atomic E-state index is 12.7. The monoisotopic (exact) mass is 324 g/mol. The first-order valence-electron chi connectivity index (χ1n) is 9.06. The average molecular weight is 324 g/mol. The number of carbonyl (C=O) groups is 1. The Morgan fingerprint density at radius 2 is 1.96 bits per heavy atom. The minimum absolute atomic E-state index is 0.181. The smallest absolute Gasteiger partial charge is 0.229 e. The molecule has 2 aliphatic carbocycles. The number of amides is 1. The van der Waals surface area contributed by atoms with Crippen LogP contribution in [0.15, 0.2) is 34.9 Å². The minimum Gasteiger partial charge on any atom is -0.448 e. The van der Waals surface area contributed by atoms with Gasteiger partial charge in [-0.1, -0.05) is 31.4 Å². The van der Waals surface area contributed by atoms with Gasteiger partial charge in [0.2, 0.25) is 5.91 Å². The molecule has 1 heterocycles. The number of hydrogen-bond acceptors (Lipinski definition) is 3. The lowest BCUT2D eigenvalue weighted by atomic mass is 9.88. The molecule has 24 heavy (non-hydrogen) atoms. The predicted molar refractivity (Wildman–Crippen MR) is 93.9 cm³/mol. The summed E-state index contributed by atoms with van der Waals surface area (Å²) in [6.07, 6.45) is 9.75. The summed E-state index contributed by atoms with van der Waals surface area (Å²) < 4.78 is 5.59. The molecule has 0 bridgehead atoms.